The van der Waals surface area contributed by atoms with Crippen LogP contribution in [0.25, 0.3) is 14.9 Å². The summed E-state index contributed by atoms with van der Waals surface area (Å²) in [4.78, 5) is 81.6. The Morgan fingerprint density at radius 3 is 2.50 bits per heavy atom. The number of nitrogens with one attached hydrogen (secondary N) is 1. The summed E-state index contributed by atoms with van der Waals surface area (Å²) >= 11 is 0.942. The minimum absolute atomic E-state index is 0.0532. The SMILES string of the molecule is [C-]#[N+][C@H]1C[C@H](Cc2ccccc2)N(C(=O)[C@@H]2CC[C@@H]3CCN(C(C)=O)C[C@H](NC(=O)c4cc5cc(C(F)(F)P(=O)(O)O)ccc5s4)C(=O)N32)C1. The summed E-state index contributed by atoms with van der Waals surface area (Å²) < 4.78 is 40.6. The Bertz CT molecular complexity index is 1910. The largest absolute Gasteiger partial charge is 0.399 e. The van der Waals surface area contributed by atoms with E-state index >= 15 is 0 Å². The second kappa shape index (κ2) is 13.8. The molecule has 0 bridgehead atoms. The predicted octanol–water partition coefficient (Wildman–Crippen LogP) is 3.97. The Morgan fingerprint density at radius 2 is 1.82 bits per heavy atom. The number of amides is 4. The van der Waals surface area contributed by atoms with Crippen LogP contribution in [0.1, 0.15) is 53.4 Å². The van der Waals surface area contributed by atoms with Gasteiger partial charge >= 0.3 is 13.3 Å². The maximum Gasteiger partial charge on any atom is 0.399 e. The summed E-state index contributed by atoms with van der Waals surface area (Å²) in [5.41, 5.74) is -4.30. The van der Waals surface area contributed by atoms with E-state index in [1.165, 1.54) is 24.0 Å². The molecule has 5 atom stereocenters. The minimum atomic E-state index is -5.81. The average molecular weight is 728 g/mol. The third-order valence-corrected chi connectivity index (χ3v) is 12.0. The molecule has 3 N–H and O–H groups in total. The van der Waals surface area contributed by atoms with Gasteiger partial charge in [0.2, 0.25) is 23.8 Å². The minimum Gasteiger partial charge on any atom is -0.340 e. The lowest BCUT2D eigenvalue weighted by molar-refractivity contribution is -0.149. The summed E-state index contributed by atoms with van der Waals surface area (Å²) in [6.07, 6.45) is 2.46. The zero-order valence-electron chi connectivity index (χ0n) is 27.1. The van der Waals surface area contributed by atoms with Gasteiger partial charge in [0, 0.05) is 48.8 Å². The molecule has 6 rings (SSSR count). The molecule has 16 heteroatoms. The van der Waals surface area contributed by atoms with Crippen LogP contribution >= 0.6 is 18.9 Å². The smallest absolute Gasteiger partial charge is 0.340 e. The predicted molar refractivity (Wildman–Crippen MR) is 180 cm³/mol. The number of hydrogen-bond donors (Lipinski definition) is 3. The van der Waals surface area contributed by atoms with E-state index in [0.29, 0.717) is 43.3 Å². The number of nitrogens with zero attached hydrogens (tertiary/aromatic N) is 4. The maximum absolute atomic E-state index is 14.4. The summed E-state index contributed by atoms with van der Waals surface area (Å²) in [5.74, 6) is -1.76. The molecule has 3 aliphatic heterocycles. The van der Waals surface area contributed by atoms with Gasteiger partial charge in [-0.2, -0.15) is 8.78 Å². The van der Waals surface area contributed by atoms with Crippen LogP contribution in [-0.2, 0) is 31.0 Å². The molecule has 2 aromatic carbocycles. The van der Waals surface area contributed by atoms with Gasteiger partial charge in [-0.05, 0) is 54.8 Å². The van der Waals surface area contributed by atoms with Crippen molar-refractivity contribution in [2.75, 3.05) is 19.6 Å². The number of rotatable bonds is 7. The van der Waals surface area contributed by atoms with Crippen LogP contribution < -0.4 is 5.32 Å². The number of fused-ring (bicyclic) bond motifs is 2. The Kier molecular flexibility index (Phi) is 9.85. The average Bonchev–Trinajstić information content (AvgIpc) is 3.81. The van der Waals surface area contributed by atoms with Crippen molar-refractivity contribution >= 4 is 52.6 Å². The molecular formula is C34H36F2N5O7PS. The van der Waals surface area contributed by atoms with Gasteiger partial charge in [0.15, 0.2) is 0 Å². The quantitative estimate of drug-likeness (QED) is 0.246. The fraction of sp³-hybridized carbons (Fsp3) is 0.441. The molecule has 0 saturated carbocycles. The zero-order valence-corrected chi connectivity index (χ0v) is 28.8. The highest BCUT2D eigenvalue weighted by atomic mass is 32.1. The molecule has 264 valence electrons. The molecule has 3 saturated heterocycles. The van der Waals surface area contributed by atoms with E-state index in [1.54, 1.807) is 9.80 Å². The highest BCUT2D eigenvalue weighted by Gasteiger charge is 2.51. The van der Waals surface area contributed by atoms with Crippen LogP contribution in [0.5, 0.6) is 0 Å². The summed E-state index contributed by atoms with van der Waals surface area (Å²) in [6.45, 7) is 9.43. The first kappa shape index (κ1) is 35.6. The Morgan fingerprint density at radius 1 is 1.08 bits per heavy atom. The van der Waals surface area contributed by atoms with Crippen LogP contribution in [-0.4, -0.2) is 98.0 Å². The van der Waals surface area contributed by atoms with Gasteiger partial charge in [-0.25, -0.2) is 6.57 Å². The normalized spacial score (nSPS) is 24.4. The topological polar surface area (TPSA) is 152 Å². The van der Waals surface area contributed by atoms with Crippen molar-refractivity contribution in [2.24, 2.45) is 0 Å². The number of halogens is 2. The number of carbonyl (C=O) groups is 4. The number of hydrogen-bond acceptors (Lipinski definition) is 6. The fourth-order valence-electron chi connectivity index (χ4n) is 7.28. The molecule has 0 unspecified atom stereocenters. The number of thiophene rings is 1. The second-order valence-corrected chi connectivity index (χ2v) is 15.8. The number of likely N-dealkylation sites (tertiary alicyclic amines) is 1. The first-order chi connectivity index (χ1) is 23.7. The highest BCUT2D eigenvalue weighted by Crippen LogP contribution is 2.59. The maximum atomic E-state index is 14.4. The van der Waals surface area contributed by atoms with E-state index in [1.807, 2.05) is 30.3 Å². The molecular weight excluding hydrogens is 691 g/mol. The molecule has 0 aliphatic carbocycles. The Hall–Kier alpha value is -4.22. The number of carbonyl (C=O) groups excluding carboxylic acids is 4. The molecule has 3 aliphatic rings. The van der Waals surface area contributed by atoms with Crippen LogP contribution in [0.15, 0.2) is 54.6 Å². The lowest BCUT2D eigenvalue weighted by Crippen LogP contribution is -2.61. The fourth-order valence-corrected chi connectivity index (χ4v) is 8.70. The van der Waals surface area contributed by atoms with Crippen molar-refractivity contribution in [1.29, 1.82) is 0 Å². The molecule has 3 fully saturated rings. The molecule has 1 aromatic heterocycles. The van der Waals surface area contributed by atoms with Gasteiger partial charge < -0.3 is 34.6 Å². The lowest BCUT2D eigenvalue weighted by atomic mass is 10.0. The first-order valence-corrected chi connectivity index (χ1v) is 18.7. The van der Waals surface area contributed by atoms with Crippen LogP contribution in [0, 0.1) is 6.57 Å². The van der Waals surface area contributed by atoms with E-state index in [4.69, 9.17) is 16.4 Å². The van der Waals surface area contributed by atoms with Gasteiger partial charge in [-0.1, -0.05) is 36.4 Å². The van der Waals surface area contributed by atoms with Crippen molar-refractivity contribution in [2.45, 2.75) is 74.9 Å². The Balaban J connectivity index is 1.25. The van der Waals surface area contributed by atoms with E-state index in [-0.39, 0.29) is 53.3 Å². The van der Waals surface area contributed by atoms with Crippen molar-refractivity contribution in [3.63, 3.8) is 0 Å². The molecule has 4 amide bonds. The van der Waals surface area contributed by atoms with Crippen molar-refractivity contribution in [1.82, 2.24) is 20.0 Å². The van der Waals surface area contributed by atoms with Crippen LogP contribution in [0.4, 0.5) is 8.78 Å². The van der Waals surface area contributed by atoms with Gasteiger partial charge in [0.05, 0.1) is 11.4 Å². The van der Waals surface area contributed by atoms with Gasteiger partial charge in [0.25, 0.3) is 5.91 Å². The molecule has 0 spiro atoms. The third kappa shape index (κ3) is 6.90. The monoisotopic (exact) mass is 727 g/mol. The van der Waals surface area contributed by atoms with Gasteiger partial charge in [-0.15, -0.1) is 11.3 Å². The number of benzene rings is 2. The van der Waals surface area contributed by atoms with Gasteiger partial charge in [-0.3, -0.25) is 23.7 Å². The molecule has 0 radical (unpaired) electrons. The van der Waals surface area contributed by atoms with E-state index < -0.39 is 42.7 Å². The molecule has 12 nitrogen and oxygen atoms in total. The van der Waals surface area contributed by atoms with E-state index in [9.17, 15) is 32.5 Å². The van der Waals surface area contributed by atoms with E-state index in [2.05, 4.69) is 10.2 Å². The van der Waals surface area contributed by atoms with Crippen molar-refractivity contribution in [3.05, 3.63) is 82.0 Å². The zero-order chi connectivity index (χ0) is 36.0. The summed E-state index contributed by atoms with van der Waals surface area (Å²) in [5, 5.41) is 2.87. The second-order valence-electron chi connectivity index (χ2n) is 13.1. The molecule has 4 heterocycles. The van der Waals surface area contributed by atoms with Crippen molar-refractivity contribution in [3.8, 4) is 0 Å². The standard InChI is InChI=1S/C34H36F2N5O7PS/c1-20(42)39-13-12-25-9-10-28(33(45)40-18-24(37-2)17-26(40)14-21-6-4-3-5-7-21)41(25)32(44)27(19-39)38-31(43)30-16-22-15-23(8-11-29(22)50-30)34(35,36)49(46,47)48/h3-8,11,15-16,24-28H,9-10,12-14,17-19H2,1H3,(H,38,43)(H2,46,47,48)/t24-,25+,26-,27-,28-/m0/s1. The summed E-state index contributed by atoms with van der Waals surface area (Å²) in [6, 6.07) is 11.1. The lowest BCUT2D eigenvalue weighted by Gasteiger charge is -2.39. The Labute approximate surface area is 291 Å². The number of alkyl halides is 2. The molecule has 3 aromatic rings. The van der Waals surface area contributed by atoms with Crippen LogP contribution in [0.3, 0.4) is 0 Å². The summed E-state index contributed by atoms with van der Waals surface area (Å²) in [7, 11) is -5.81. The molecule has 50 heavy (non-hydrogen) atoms. The third-order valence-electron chi connectivity index (χ3n) is 9.85. The highest BCUT2D eigenvalue weighted by molar-refractivity contribution is 7.52. The van der Waals surface area contributed by atoms with E-state index in [0.717, 1.165) is 29.0 Å². The first-order valence-electron chi connectivity index (χ1n) is 16.2. The van der Waals surface area contributed by atoms with Crippen LogP contribution in [0.2, 0.25) is 0 Å². The van der Waals surface area contributed by atoms with Crippen molar-refractivity contribution < 1.29 is 42.3 Å². The van der Waals surface area contributed by atoms with Gasteiger partial charge in [0.1, 0.15) is 12.1 Å².